The van der Waals surface area contributed by atoms with Crippen LogP contribution in [0, 0.1) is 0 Å². The summed E-state index contributed by atoms with van der Waals surface area (Å²) in [4.78, 5) is 15.0. The minimum absolute atomic E-state index is 0.127. The number of likely N-dealkylation sites (N-methyl/N-ethyl adjacent to an activating group) is 1. The van der Waals surface area contributed by atoms with Crippen molar-refractivity contribution in [2.45, 2.75) is 13.3 Å². The van der Waals surface area contributed by atoms with Gasteiger partial charge in [-0.05, 0) is 19.0 Å². The number of para-hydroxylation sites is 1. The van der Waals surface area contributed by atoms with Crippen LogP contribution in [0.1, 0.15) is 22.8 Å². The number of ketones is 1. The number of carbonyl (C=O) groups excluding carboxylic acids is 1. The van der Waals surface area contributed by atoms with Gasteiger partial charge in [0.2, 0.25) is 0 Å². The summed E-state index contributed by atoms with van der Waals surface area (Å²) in [6, 6.07) is 6.09. The Kier molecular flexibility index (Phi) is 3.06. The Labute approximate surface area is 94.9 Å². The zero-order valence-corrected chi connectivity index (χ0v) is 9.63. The van der Waals surface area contributed by atoms with Gasteiger partial charge in [0.05, 0.1) is 6.54 Å². The van der Waals surface area contributed by atoms with Gasteiger partial charge >= 0.3 is 0 Å². The smallest absolute Gasteiger partial charge is 0.178 e. The molecule has 0 saturated heterocycles. The van der Waals surface area contributed by atoms with Crippen LogP contribution in [-0.4, -0.2) is 24.4 Å². The number of aromatic amines is 1. The number of Topliss-reactive ketones (excluding diaryl/α,β-unsaturated/α-hetero) is 1. The van der Waals surface area contributed by atoms with E-state index in [2.05, 4.69) is 23.3 Å². The van der Waals surface area contributed by atoms with E-state index in [0.717, 1.165) is 22.9 Å². The summed E-state index contributed by atoms with van der Waals surface area (Å²) >= 11 is 0. The van der Waals surface area contributed by atoms with E-state index in [0.29, 0.717) is 6.54 Å². The third-order valence-corrected chi connectivity index (χ3v) is 2.82. The number of fused-ring (bicyclic) bond motifs is 1. The average molecular weight is 216 g/mol. The lowest BCUT2D eigenvalue weighted by Gasteiger charge is -2.00. The summed E-state index contributed by atoms with van der Waals surface area (Å²) in [6.07, 6.45) is 2.78. The molecule has 0 atom stereocenters. The molecule has 2 N–H and O–H groups in total. The molecule has 3 heteroatoms. The van der Waals surface area contributed by atoms with Crippen LogP contribution in [0.15, 0.2) is 24.4 Å². The molecule has 0 aliphatic heterocycles. The number of hydrogen-bond acceptors (Lipinski definition) is 2. The van der Waals surface area contributed by atoms with E-state index < -0.39 is 0 Å². The number of hydrogen-bond donors (Lipinski definition) is 2. The fourth-order valence-corrected chi connectivity index (χ4v) is 2.00. The molecule has 1 aromatic heterocycles. The fourth-order valence-electron chi connectivity index (χ4n) is 2.00. The van der Waals surface area contributed by atoms with Crippen LogP contribution in [0.2, 0.25) is 0 Å². The first-order chi connectivity index (χ1) is 7.77. The highest BCUT2D eigenvalue weighted by Gasteiger charge is 2.12. The molecule has 84 valence electrons. The maximum atomic E-state index is 11.8. The number of H-pyrrole nitrogens is 1. The number of benzene rings is 1. The molecule has 0 radical (unpaired) electrons. The number of aromatic nitrogens is 1. The molecule has 1 heterocycles. The number of carbonyl (C=O) groups is 1. The Bertz CT molecular complexity index is 514. The highest BCUT2D eigenvalue weighted by Crippen LogP contribution is 2.22. The van der Waals surface area contributed by atoms with Crippen LogP contribution < -0.4 is 5.32 Å². The average Bonchev–Trinajstić information content (AvgIpc) is 2.72. The zero-order chi connectivity index (χ0) is 11.5. The van der Waals surface area contributed by atoms with Gasteiger partial charge in [0.25, 0.3) is 0 Å². The summed E-state index contributed by atoms with van der Waals surface area (Å²) in [6.45, 7) is 2.49. The monoisotopic (exact) mass is 216 g/mol. The molecule has 1 aromatic carbocycles. The van der Waals surface area contributed by atoms with Gasteiger partial charge in [-0.3, -0.25) is 4.79 Å². The van der Waals surface area contributed by atoms with Gasteiger partial charge < -0.3 is 10.3 Å². The van der Waals surface area contributed by atoms with Crippen molar-refractivity contribution in [2.24, 2.45) is 0 Å². The van der Waals surface area contributed by atoms with Crippen molar-refractivity contribution < 1.29 is 4.79 Å². The molecule has 0 amide bonds. The third-order valence-electron chi connectivity index (χ3n) is 2.82. The third kappa shape index (κ3) is 1.74. The van der Waals surface area contributed by atoms with Crippen molar-refractivity contribution in [3.63, 3.8) is 0 Å². The Hall–Kier alpha value is -1.61. The maximum absolute atomic E-state index is 11.8. The first kappa shape index (κ1) is 10.9. The van der Waals surface area contributed by atoms with Gasteiger partial charge in [0.15, 0.2) is 5.78 Å². The molecular formula is C13H16N2O. The predicted molar refractivity (Wildman–Crippen MR) is 65.9 cm³/mol. The summed E-state index contributed by atoms with van der Waals surface area (Å²) in [7, 11) is 1.78. The lowest BCUT2D eigenvalue weighted by molar-refractivity contribution is 0.0995. The molecule has 0 aliphatic carbocycles. The van der Waals surface area contributed by atoms with Gasteiger partial charge in [0.1, 0.15) is 0 Å². The molecule has 0 spiro atoms. The molecule has 2 rings (SSSR count). The van der Waals surface area contributed by atoms with E-state index in [4.69, 9.17) is 0 Å². The lowest BCUT2D eigenvalue weighted by atomic mass is 10.1. The molecule has 0 saturated carbocycles. The summed E-state index contributed by atoms with van der Waals surface area (Å²) < 4.78 is 0. The van der Waals surface area contributed by atoms with Crippen LogP contribution in [-0.2, 0) is 6.42 Å². The minimum atomic E-state index is 0.127. The lowest BCUT2D eigenvalue weighted by Crippen LogP contribution is -2.18. The predicted octanol–water partition coefficient (Wildman–Crippen LogP) is 2.13. The molecule has 3 nitrogen and oxygen atoms in total. The Morgan fingerprint density at radius 2 is 2.25 bits per heavy atom. The first-order valence-corrected chi connectivity index (χ1v) is 5.54. The zero-order valence-electron chi connectivity index (χ0n) is 9.63. The molecule has 0 bridgehead atoms. The minimum Gasteiger partial charge on any atom is -0.360 e. The Balaban J connectivity index is 2.53. The van der Waals surface area contributed by atoms with Crippen molar-refractivity contribution in [3.8, 4) is 0 Å². The second kappa shape index (κ2) is 4.49. The quantitative estimate of drug-likeness (QED) is 0.769. The number of aryl methyl sites for hydroxylation is 1. The Morgan fingerprint density at radius 3 is 2.94 bits per heavy atom. The van der Waals surface area contributed by atoms with E-state index in [1.54, 1.807) is 7.05 Å². The highest BCUT2D eigenvalue weighted by molar-refractivity contribution is 6.09. The van der Waals surface area contributed by atoms with Gasteiger partial charge in [-0.15, -0.1) is 0 Å². The summed E-state index contributed by atoms with van der Waals surface area (Å²) in [5.74, 6) is 0.127. The maximum Gasteiger partial charge on any atom is 0.178 e. The van der Waals surface area contributed by atoms with E-state index in [1.165, 1.54) is 5.56 Å². The van der Waals surface area contributed by atoms with Crippen molar-refractivity contribution in [1.29, 1.82) is 0 Å². The first-order valence-electron chi connectivity index (χ1n) is 5.54. The van der Waals surface area contributed by atoms with Crippen molar-refractivity contribution in [3.05, 3.63) is 35.5 Å². The van der Waals surface area contributed by atoms with Crippen molar-refractivity contribution in [2.75, 3.05) is 13.6 Å². The molecule has 0 unspecified atom stereocenters. The van der Waals surface area contributed by atoms with Gasteiger partial charge in [-0.1, -0.05) is 25.1 Å². The largest absolute Gasteiger partial charge is 0.360 e. The summed E-state index contributed by atoms with van der Waals surface area (Å²) in [5.41, 5.74) is 3.12. The second-order valence-corrected chi connectivity index (χ2v) is 3.85. The molecule has 16 heavy (non-hydrogen) atoms. The highest BCUT2D eigenvalue weighted by atomic mass is 16.1. The van der Waals surface area contributed by atoms with E-state index >= 15 is 0 Å². The van der Waals surface area contributed by atoms with Crippen LogP contribution in [0.5, 0.6) is 0 Å². The number of rotatable bonds is 4. The standard InChI is InChI=1S/C13H16N2O/c1-3-9-5-4-6-10-11(7-15-13(9)10)12(16)8-14-2/h4-7,14-15H,3,8H2,1-2H3. The SMILES string of the molecule is CCc1cccc2c(C(=O)CNC)c[nH]c12. The van der Waals surface area contributed by atoms with Gasteiger partial charge in [-0.2, -0.15) is 0 Å². The Morgan fingerprint density at radius 1 is 1.44 bits per heavy atom. The molecule has 0 fully saturated rings. The molecule has 2 aromatic rings. The van der Waals surface area contributed by atoms with E-state index in [1.807, 2.05) is 18.3 Å². The van der Waals surface area contributed by atoms with Crippen LogP contribution in [0.4, 0.5) is 0 Å². The summed E-state index contributed by atoms with van der Waals surface area (Å²) in [5, 5.41) is 3.91. The normalized spacial score (nSPS) is 10.9. The van der Waals surface area contributed by atoms with Gasteiger partial charge in [-0.25, -0.2) is 0 Å². The second-order valence-electron chi connectivity index (χ2n) is 3.85. The molecule has 0 aliphatic rings. The van der Waals surface area contributed by atoms with Crippen LogP contribution >= 0.6 is 0 Å². The van der Waals surface area contributed by atoms with Crippen molar-refractivity contribution >= 4 is 16.7 Å². The van der Waals surface area contributed by atoms with Crippen molar-refractivity contribution in [1.82, 2.24) is 10.3 Å². The van der Waals surface area contributed by atoms with E-state index in [-0.39, 0.29) is 5.78 Å². The van der Waals surface area contributed by atoms with Crippen LogP contribution in [0.25, 0.3) is 10.9 Å². The fraction of sp³-hybridized carbons (Fsp3) is 0.308. The molecular weight excluding hydrogens is 200 g/mol. The van der Waals surface area contributed by atoms with Crippen LogP contribution in [0.3, 0.4) is 0 Å². The topological polar surface area (TPSA) is 44.9 Å². The van der Waals surface area contributed by atoms with Gasteiger partial charge in [0, 0.05) is 22.7 Å². The number of nitrogens with one attached hydrogen (secondary N) is 2. The van der Waals surface area contributed by atoms with E-state index in [9.17, 15) is 4.79 Å².